The Morgan fingerprint density at radius 3 is 2.40 bits per heavy atom. The fourth-order valence-electron chi connectivity index (χ4n) is 2.04. The largest absolute Gasteiger partial charge is 0.478 e. The Hall–Kier alpha value is -2.36. The second-order valence-corrected chi connectivity index (χ2v) is 4.75. The Balaban J connectivity index is 2.06. The van der Waals surface area contributed by atoms with Crippen molar-refractivity contribution in [1.82, 2.24) is 4.57 Å². The van der Waals surface area contributed by atoms with E-state index in [2.05, 4.69) is 0 Å². The van der Waals surface area contributed by atoms with Gasteiger partial charge in [-0.25, -0.2) is 4.79 Å². The number of benzene rings is 1. The number of carboxylic acid groups (broad SMARTS) is 1. The van der Waals surface area contributed by atoms with E-state index in [0.29, 0.717) is 13.0 Å². The Bertz CT molecular complexity index is 611. The van der Waals surface area contributed by atoms with Gasteiger partial charge >= 0.3 is 5.97 Å². The minimum absolute atomic E-state index is 0.160. The van der Waals surface area contributed by atoms with Crippen molar-refractivity contribution in [2.45, 2.75) is 26.3 Å². The van der Waals surface area contributed by atoms with Crippen LogP contribution in [0.15, 0.2) is 42.7 Å². The second-order valence-electron chi connectivity index (χ2n) is 4.75. The Kier molecular flexibility index (Phi) is 4.35. The van der Waals surface area contributed by atoms with Crippen LogP contribution < -0.4 is 0 Å². The van der Waals surface area contributed by atoms with Crippen LogP contribution in [0, 0.1) is 0 Å². The molecule has 1 N–H and O–H groups in total. The molecule has 104 valence electrons. The van der Waals surface area contributed by atoms with Crippen molar-refractivity contribution < 1.29 is 14.7 Å². The fraction of sp³-hybridized carbons (Fsp3) is 0.250. The second kappa shape index (κ2) is 6.19. The van der Waals surface area contributed by atoms with Gasteiger partial charge in [0, 0.05) is 30.9 Å². The average Bonchev–Trinajstić information content (AvgIpc) is 2.88. The maximum Gasteiger partial charge on any atom is 0.335 e. The van der Waals surface area contributed by atoms with Crippen molar-refractivity contribution in [3.63, 3.8) is 0 Å². The highest BCUT2D eigenvalue weighted by atomic mass is 16.4. The van der Waals surface area contributed by atoms with Crippen molar-refractivity contribution in [2.75, 3.05) is 0 Å². The number of nitrogens with zero attached hydrogens (tertiary/aromatic N) is 1. The molecule has 0 atom stereocenters. The smallest absolute Gasteiger partial charge is 0.335 e. The molecule has 0 aliphatic rings. The summed E-state index contributed by atoms with van der Waals surface area (Å²) in [6.45, 7) is 2.61. The molecule has 1 heterocycles. The number of aromatic nitrogens is 1. The van der Waals surface area contributed by atoms with E-state index < -0.39 is 5.97 Å². The molecule has 0 fully saturated rings. The summed E-state index contributed by atoms with van der Waals surface area (Å²) < 4.78 is 1.93. The van der Waals surface area contributed by atoms with E-state index in [1.807, 2.05) is 30.0 Å². The Labute approximate surface area is 117 Å². The maximum absolute atomic E-state index is 11.8. The lowest BCUT2D eigenvalue weighted by Crippen LogP contribution is -2.00. The molecule has 4 nitrogen and oxygen atoms in total. The number of carboxylic acids is 1. The normalized spacial score (nSPS) is 10.4. The van der Waals surface area contributed by atoms with Crippen LogP contribution in [0.2, 0.25) is 0 Å². The molecule has 0 saturated carbocycles. The van der Waals surface area contributed by atoms with Gasteiger partial charge in [-0.3, -0.25) is 4.79 Å². The van der Waals surface area contributed by atoms with E-state index in [1.54, 1.807) is 24.3 Å². The van der Waals surface area contributed by atoms with Crippen molar-refractivity contribution >= 4 is 11.8 Å². The molecule has 1 aromatic carbocycles. The molecule has 0 aliphatic heterocycles. The number of Topliss-reactive ketones (excluding diaryl/α,β-unsaturated/α-hetero) is 1. The predicted molar refractivity (Wildman–Crippen MR) is 76.2 cm³/mol. The van der Waals surface area contributed by atoms with Gasteiger partial charge in [0.2, 0.25) is 0 Å². The number of aromatic carboxylic acids is 1. The highest BCUT2D eigenvalue weighted by molar-refractivity contribution is 5.95. The third-order valence-corrected chi connectivity index (χ3v) is 3.12. The number of hydrogen-bond donors (Lipinski definition) is 1. The van der Waals surface area contributed by atoms with Crippen LogP contribution in [0.4, 0.5) is 0 Å². The molecule has 0 unspecified atom stereocenters. The molecule has 1 aromatic heterocycles. The number of carbonyl (C=O) groups is 2. The van der Waals surface area contributed by atoms with Crippen LogP contribution in [0.3, 0.4) is 0 Å². The first-order valence-electron chi connectivity index (χ1n) is 6.61. The van der Waals surface area contributed by atoms with Crippen LogP contribution in [0.1, 0.15) is 46.0 Å². The average molecular weight is 271 g/mol. The van der Waals surface area contributed by atoms with Gasteiger partial charge in [-0.1, -0.05) is 19.1 Å². The zero-order chi connectivity index (χ0) is 14.5. The molecule has 20 heavy (non-hydrogen) atoms. The van der Waals surface area contributed by atoms with E-state index >= 15 is 0 Å². The van der Waals surface area contributed by atoms with Crippen molar-refractivity contribution in [3.8, 4) is 0 Å². The monoisotopic (exact) mass is 271 g/mol. The van der Waals surface area contributed by atoms with Crippen molar-refractivity contribution in [1.29, 1.82) is 0 Å². The standard InChI is InChI=1S/C16H17NO3/c1-2-3-15(18)14-8-9-17(11-14)10-12-4-6-13(7-5-12)16(19)20/h4-9,11H,2-3,10H2,1H3,(H,19,20). The zero-order valence-corrected chi connectivity index (χ0v) is 11.4. The molecule has 0 saturated heterocycles. The summed E-state index contributed by atoms with van der Waals surface area (Å²) in [6, 6.07) is 8.58. The number of ketones is 1. The molecule has 0 radical (unpaired) electrons. The quantitative estimate of drug-likeness (QED) is 0.821. The summed E-state index contributed by atoms with van der Waals surface area (Å²) in [5.74, 6) is -0.766. The van der Waals surface area contributed by atoms with Gasteiger partial charge < -0.3 is 9.67 Å². The molecule has 0 aliphatic carbocycles. The van der Waals surface area contributed by atoms with Crippen LogP contribution in [0.25, 0.3) is 0 Å². The van der Waals surface area contributed by atoms with Gasteiger partial charge in [0.15, 0.2) is 5.78 Å². The van der Waals surface area contributed by atoms with E-state index in [1.165, 1.54) is 0 Å². The minimum Gasteiger partial charge on any atom is -0.478 e. The van der Waals surface area contributed by atoms with E-state index in [0.717, 1.165) is 17.5 Å². The number of rotatable bonds is 6. The van der Waals surface area contributed by atoms with E-state index in [9.17, 15) is 9.59 Å². The lowest BCUT2D eigenvalue weighted by molar-refractivity contribution is 0.0696. The Morgan fingerprint density at radius 1 is 1.10 bits per heavy atom. The van der Waals surface area contributed by atoms with Gasteiger partial charge in [0.05, 0.1) is 5.56 Å². The lowest BCUT2D eigenvalue weighted by Gasteiger charge is -2.03. The zero-order valence-electron chi connectivity index (χ0n) is 11.4. The highest BCUT2D eigenvalue weighted by Gasteiger charge is 2.07. The number of carbonyl (C=O) groups excluding carboxylic acids is 1. The summed E-state index contributed by atoms with van der Waals surface area (Å²) in [5, 5.41) is 8.84. The molecule has 4 heteroatoms. The van der Waals surface area contributed by atoms with Gasteiger partial charge in [0.1, 0.15) is 0 Å². The molecule has 0 amide bonds. The third kappa shape index (κ3) is 3.35. The maximum atomic E-state index is 11.8. The van der Waals surface area contributed by atoms with Gasteiger partial charge in [-0.15, -0.1) is 0 Å². The van der Waals surface area contributed by atoms with Crippen molar-refractivity contribution in [3.05, 3.63) is 59.4 Å². The Morgan fingerprint density at radius 2 is 1.80 bits per heavy atom. The van der Waals surface area contributed by atoms with Crippen LogP contribution >= 0.6 is 0 Å². The molecular weight excluding hydrogens is 254 g/mol. The SMILES string of the molecule is CCCC(=O)c1ccn(Cc2ccc(C(=O)O)cc2)c1. The van der Waals surface area contributed by atoms with Gasteiger partial charge in [-0.05, 0) is 30.2 Å². The summed E-state index contributed by atoms with van der Waals surface area (Å²) in [4.78, 5) is 22.5. The van der Waals surface area contributed by atoms with Gasteiger partial charge in [-0.2, -0.15) is 0 Å². The molecule has 2 aromatic rings. The predicted octanol–water partition coefficient (Wildman–Crippen LogP) is 3.22. The first-order chi connectivity index (χ1) is 9.60. The third-order valence-electron chi connectivity index (χ3n) is 3.12. The number of hydrogen-bond acceptors (Lipinski definition) is 2. The van der Waals surface area contributed by atoms with E-state index in [-0.39, 0.29) is 11.3 Å². The highest BCUT2D eigenvalue weighted by Crippen LogP contribution is 2.10. The molecule has 0 spiro atoms. The topological polar surface area (TPSA) is 59.3 Å². The van der Waals surface area contributed by atoms with Crippen LogP contribution in [-0.4, -0.2) is 21.4 Å². The van der Waals surface area contributed by atoms with E-state index in [4.69, 9.17) is 5.11 Å². The van der Waals surface area contributed by atoms with Crippen LogP contribution in [-0.2, 0) is 6.54 Å². The fourth-order valence-corrected chi connectivity index (χ4v) is 2.04. The first-order valence-corrected chi connectivity index (χ1v) is 6.61. The summed E-state index contributed by atoms with van der Waals surface area (Å²) in [5.41, 5.74) is 2.01. The minimum atomic E-state index is -0.926. The summed E-state index contributed by atoms with van der Waals surface area (Å²) >= 11 is 0. The first kappa shape index (κ1) is 14.1. The summed E-state index contributed by atoms with van der Waals surface area (Å²) in [6.07, 6.45) is 5.12. The van der Waals surface area contributed by atoms with Crippen LogP contribution in [0.5, 0.6) is 0 Å². The molecule has 2 rings (SSSR count). The lowest BCUT2D eigenvalue weighted by atomic mass is 10.1. The summed E-state index contributed by atoms with van der Waals surface area (Å²) in [7, 11) is 0. The molecule has 0 bridgehead atoms. The van der Waals surface area contributed by atoms with Gasteiger partial charge in [0.25, 0.3) is 0 Å². The van der Waals surface area contributed by atoms with Crippen molar-refractivity contribution in [2.24, 2.45) is 0 Å². The molecular formula is C16H17NO3.